The number of hydrogen-bond acceptors (Lipinski definition) is 9. The lowest BCUT2D eigenvalue weighted by Crippen LogP contribution is -2.67. The number of carbonyl (C=O) groups is 3. The van der Waals surface area contributed by atoms with E-state index < -0.39 is 17.4 Å². The molecule has 1 aromatic heterocycles. The van der Waals surface area contributed by atoms with E-state index in [9.17, 15) is 14.4 Å². The van der Waals surface area contributed by atoms with Crippen LogP contribution in [0.2, 0.25) is 0 Å². The standard InChI is InChI=1S/C43H51N5O7/c1-5-54-41(50)43-25-14-28-48(43)42(51)47(29-31-19-21-33(52-3)22-20-31)27-13-7-10-17-34(18-11-12-26-44-40(43)49)55-39-35-23-24-36(53-4)30(2)37(35)45-38(46-39)32-15-8-6-9-16-32/h6,8-9,15-16,18-24H,5,7,10-14,17,25-29H2,1-4H3,(H,44,49)/q+1. The summed E-state index contributed by atoms with van der Waals surface area (Å²) >= 11 is 0. The Kier molecular flexibility index (Phi) is 13.0. The van der Waals surface area contributed by atoms with Crippen molar-refractivity contribution in [2.24, 2.45) is 0 Å². The molecule has 6 rings (SSSR count). The van der Waals surface area contributed by atoms with Gasteiger partial charge < -0.3 is 24.3 Å². The van der Waals surface area contributed by atoms with E-state index in [0.29, 0.717) is 69.2 Å². The average molecular weight is 750 g/mol. The Bertz CT molecular complexity index is 2000. The number of nitrogens with one attached hydrogen (secondary N) is 1. The van der Waals surface area contributed by atoms with E-state index in [-0.39, 0.29) is 25.6 Å². The maximum absolute atomic E-state index is 14.5. The fraction of sp³-hybridized carbons (Fsp3) is 0.419. The predicted molar refractivity (Wildman–Crippen MR) is 210 cm³/mol. The highest BCUT2D eigenvalue weighted by Crippen LogP contribution is 2.35. The molecule has 3 aromatic carbocycles. The van der Waals surface area contributed by atoms with E-state index in [4.69, 9.17) is 28.9 Å². The fourth-order valence-electron chi connectivity index (χ4n) is 7.35. The number of methoxy groups -OCH3 is 2. The van der Waals surface area contributed by atoms with Crippen molar-refractivity contribution < 1.29 is 33.3 Å². The van der Waals surface area contributed by atoms with Crippen molar-refractivity contribution in [3.8, 4) is 28.8 Å². The number of benzene rings is 3. The quantitative estimate of drug-likeness (QED) is 0.107. The summed E-state index contributed by atoms with van der Waals surface area (Å²) in [5, 5.41) is 3.75. The third kappa shape index (κ3) is 8.75. The molecule has 4 aromatic rings. The number of aromatic nitrogens is 2. The van der Waals surface area contributed by atoms with Gasteiger partial charge in [-0.1, -0.05) is 53.8 Å². The van der Waals surface area contributed by atoms with E-state index in [1.807, 2.05) is 73.7 Å². The summed E-state index contributed by atoms with van der Waals surface area (Å²) in [5.41, 5.74) is 1.68. The first kappa shape index (κ1) is 39.2. The van der Waals surface area contributed by atoms with Gasteiger partial charge in [-0.15, -0.1) is 0 Å². The summed E-state index contributed by atoms with van der Waals surface area (Å²) in [4.78, 5) is 55.2. The fourth-order valence-corrected chi connectivity index (χ4v) is 7.35. The van der Waals surface area contributed by atoms with Gasteiger partial charge in [-0.25, -0.2) is 14.6 Å². The topological polar surface area (TPSA) is 135 Å². The minimum Gasteiger partial charge on any atom is -0.497 e. The van der Waals surface area contributed by atoms with Crippen LogP contribution in [0.3, 0.4) is 0 Å². The van der Waals surface area contributed by atoms with Crippen LogP contribution < -0.4 is 24.4 Å². The summed E-state index contributed by atoms with van der Waals surface area (Å²) in [7, 11) is 3.25. The number of nitrogens with zero attached hydrogens (tertiary/aromatic N) is 4. The number of esters is 1. The molecule has 12 heteroatoms. The molecule has 12 nitrogen and oxygen atoms in total. The van der Waals surface area contributed by atoms with Crippen LogP contribution in [0.15, 0.2) is 78.6 Å². The minimum atomic E-state index is -1.74. The van der Waals surface area contributed by atoms with Crippen LogP contribution in [0.25, 0.3) is 22.3 Å². The van der Waals surface area contributed by atoms with Crippen molar-refractivity contribution in [2.45, 2.75) is 77.3 Å². The average Bonchev–Trinajstić information content (AvgIpc) is 3.67. The Hall–Kier alpha value is -5.49. The van der Waals surface area contributed by atoms with Gasteiger partial charge in [-0.2, -0.15) is 4.98 Å². The third-order valence-corrected chi connectivity index (χ3v) is 10.3. The highest BCUT2D eigenvalue weighted by atomic mass is 16.5. The van der Waals surface area contributed by atoms with Crippen LogP contribution >= 0.6 is 0 Å². The van der Waals surface area contributed by atoms with Crippen molar-refractivity contribution in [1.29, 1.82) is 0 Å². The van der Waals surface area contributed by atoms with Gasteiger partial charge in [-0.3, -0.25) is 9.69 Å². The second-order valence-electron chi connectivity index (χ2n) is 13.9. The lowest BCUT2D eigenvalue weighted by atomic mass is 9.94. The van der Waals surface area contributed by atoms with Gasteiger partial charge >= 0.3 is 17.5 Å². The zero-order chi connectivity index (χ0) is 38.8. The monoisotopic (exact) mass is 749 g/mol. The zero-order valence-corrected chi connectivity index (χ0v) is 32.3. The molecule has 2 aliphatic rings. The summed E-state index contributed by atoms with van der Waals surface area (Å²) in [6.07, 6.45) is 6.94. The van der Waals surface area contributed by atoms with Crippen molar-refractivity contribution in [3.05, 3.63) is 89.7 Å². The second kappa shape index (κ2) is 18.2. The Morgan fingerprint density at radius 3 is 2.47 bits per heavy atom. The Labute approximate surface area is 322 Å². The van der Waals surface area contributed by atoms with Crippen LogP contribution in [-0.2, 0) is 20.9 Å². The summed E-state index contributed by atoms with van der Waals surface area (Å²) < 4.78 is 23.1. The van der Waals surface area contributed by atoms with Gasteiger partial charge in [0.25, 0.3) is 5.91 Å². The number of rotatable bonds is 9. The first-order valence-electron chi connectivity index (χ1n) is 19.2. The first-order chi connectivity index (χ1) is 26.8. The van der Waals surface area contributed by atoms with Crippen LogP contribution in [0.4, 0.5) is 4.79 Å². The number of carbonyl (C=O) groups excluding carboxylic acids is 3. The van der Waals surface area contributed by atoms with Crippen molar-refractivity contribution >= 4 is 28.8 Å². The predicted octanol–water partition coefficient (Wildman–Crippen LogP) is 7.21. The molecule has 0 aliphatic carbocycles. The molecular formula is C43H51N5O7+. The van der Waals surface area contributed by atoms with E-state index in [2.05, 4.69) is 11.4 Å². The molecule has 3 amide bonds. The number of hydrogen-bond donors (Lipinski definition) is 1. The molecule has 0 saturated carbocycles. The number of urea groups is 1. The van der Waals surface area contributed by atoms with E-state index in [1.165, 1.54) is 4.90 Å². The number of fused-ring (bicyclic) bond motifs is 2. The first-order valence-corrected chi connectivity index (χ1v) is 19.2. The van der Waals surface area contributed by atoms with Crippen LogP contribution in [-0.4, -0.2) is 78.8 Å². The molecule has 55 heavy (non-hydrogen) atoms. The third-order valence-electron chi connectivity index (χ3n) is 10.3. The zero-order valence-electron chi connectivity index (χ0n) is 32.3. The van der Waals surface area contributed by atoms with Gasteiger partial charge in [0.2, 0.25) is 5.88 Å². The lowest BCUT2D eigenvalue weighted by molar-refractivity contribution is -0.157. The summed E-state index contributed by atoms with van der Waals surface area (Å²) in [6.45, 7) is 5.10. The highest BCUT2D eigenvalue weighted by Gasteiger charge is 2.67. The molecule has 1 atom stereocenters. The maximum Gasteiger partial charge on any atom is 0.469 e. The second-order valence-corrected chi connectivity index (χ2v) is 13.9. The molecule has 1 N–H and O–H groups in total. The van der Waals surface area contributed by atoms with Gasteiger partial charge in [0, 0.05) is 43.5 Å². The molecule has 1 unspecified atom stereocenters. The SMILES string of the molecule is CCOC(=O)C12CCC[N+]1C(=O)N(Cc1ccc(OC)cc1)CCCCCC(Oc1nc(-c3ccccc3)nc3c(C)c(OC)ccc13)=CCCCNC2=O. The molecule has 1 radical (unpaired) electrons. The largest absolute Gasteiger partial charge is 0.497 e. The highest BCUT2D eigenvalue weighted by molar-refractivity contribution is 6.11. The van der Waals surface area contributed by atoms with Gasteiger partial charge in [0.15, 0.2) is 5.82 Å². The van der Waals surface area contributed by atoms with Crippen molar-refractivity contribution in [1.82, 2.24) is 25.1 Å². The Balaban J connectivity index is 1.30. The van der Waals surface area contributed by atoms with E-state index in [0.717, 1.165) is 51.9 Å². The van der Waals surface area contributed by atoms with Crippen molar-refractivity contribution in [3.63, 3.8) is 0 Å². The number of aryl methyl sites for hydroxylation is 1. The normalized spacial score (nSPS) is 19.0. The minimum absolute atomic E-state index is 0.0978. The summed E-state index contributed by atoms with van der Waals surface area (Å²) in [5.74, 6) is 2.01. The molecule has 3 heterocycles. The molecule has 1 saturated heterocycles. The Morgan fingerprint density at radius 2 is 1.73 bits per heavy atom. The van der Waals surface area contributed by atoms with E-state index in [1.54, 1.807) is 26.0 Å². The Morgan fingerprint density at radius 1 is 0.927 bits per heavy atom. The maximum atomic E-state index is 14.5. The molecular weight excluding hydrogens is 699 g/mol. The van der Waals surface area contributed by atoms with Gasteiger partial charge in [-0.05, 0) is 75.4 Å². The number of amides is 3. The molecule has 0 bridgehead atoms. The molecule has 2 aliphatic heterocycles. The number of ether oxygens (including phenoxy) is 4. The van der Waals surface area contributed by atoms with Crippen LogP contribution in [0, 0.1) is 6.92 Å². The van der Waals surface area contributed by atoms with Crippen LogP contribution in [0.5, 0.6) is 17.4 Å². The lowest BCUT2D eigenvalue weighted by Gasteiger charge is -2.29. The van der Waals surface area contributed by atoms with Crippen molar-refractivity contribution in [2.75, 3.05) is 40.5 Å². The smallest absolute Gasteiger partial charge is 0.469 e. The van der Waals surface area contributed by atoms with Gasteiger partial charge in [0.05, 0.1) is 38.3 Å². The molecule has 1 fully saturated rings. The molecule has 289 valence electrons. The summed E-state index contributed by atoms with van der Waals surface area (Å²) in [6, 6.07) is 20.8. The molecule has 0 spiro atoms. The van der Waals surface area contributed by atoms with Crippen LogP contribution in [0.1, 0.15) is 69.4 Å². The number of allylic oxidation sites excluding steroid dienone is 2. The van der Waals surface area contributed by atoms with Gasteiger partial charge in [0.1, 0.15) is 23.8 Å². The van der Waals surface area contributed by atoms with E-state index >= 15 is 0 Å².